The Morgan fingerprint density at radius 2 is 1.83 bits per heavy atom. The minimum Gasteiger partial charge on any atom is -0.322 e. The number of hydrogen-bond acceptors (Lipinski definition) is 2. The molecular weight excluding hydrogens is 309 g/mol. The molecule has 1 amide bonds. The van der Waals surface area contributed by atoms with Gasteiger partial charge in [-0.3, -0.25) is 4.79 Å². The molecule has 4 heteroatoms. The van der Waals surface area contributed by atoms with Gasteiger partial charge >= 0.3 is 0 Å². The van der Waals surface area contributed by atoms with Crippen LogP contribution in [0.1, 0.15) is 41.6 Å². The molecule has 2 aromatic rings. The van der Waals surface area contributed by atoms with Gasteiger partial charge < -0.3 is 4.90 Å². The highest BCUT2D eigenvalue weighted by Crippen LogP contribution is 2.44. The summed E-state index contributed by atoms with van der Waals surface area (Å²) in [4.78, 5) is 15.6. The van der Waals surface area contributed by atoms with E-state index < -0.39 is 0 Å². The Hall–Kier alpha value is -1.81. The highest BCUT2D eigenvalue weighted by Gasteiger charge is 2.36. The van der Waals surface area contributed by atoms with E-state index in [4.69, 9.17) is 0 Å². The zero-order chi connectivity index (χ0) is 16.4. The lowest BCUT2D eigenvalue weighted by Crippen LogP contribution is -2.28. The Bertz CT molecular complexity index is 699. The van der Waals surface area contributed by atoms with Crippen molar-refractivity contribution in [3.8, 4) is 0 Å². The van der Waals surface area contributed by atoms with Crippen LogP contribution in [0.5, 0.6) is 0 Å². The van der Waals surface area contributed by atoms with Crippen LogP contribution in [-0.4, -0.2) is 17.4 Å². The fourth-order valence-electron chi connectivity index (χ4n) is 2.72. The van der Waals surface area contributed by atoms with E-state index in [0.717, 1.165) is 29.0 Å². The third-order valence-corrected chi connectivity index (χ3v) is 5.29. The van der Waals surface area contributed by atoms with Gasteiger partial charge in [0.15, 0.2) is 0 Å². The minimum absolute atomic E-state index is 0.0390. The molecule has 1 atom stereocenters. The lowest BCUT2D eigenvalue weighted by Gasteiger charge is -2.25. The number of hydrogen-bond donors (Lipinski definition) is 0. The zero-order valence-electron chi connectivity index (χ0n) is 13.3. The largest absolute Gasteiger partial charge is 0.322 e. The maximum absolute atomic E-state index is 13.1. The van der Waals surface area contributed by atoms with Crippen LogP contribution in [0, 0.1) is 11.7 Å². The molecule has 0 unspecified atom stereocenters. The summed E-state index contributed by atoms with van der Waals surface area (Å²) in [5.41, 5.74) is 1.84. The first-order chi connectivity index (χ1) is 11.1. The van der Waals surface area contributed by atoms with Crippen molar-refractivity contribution >= 4 is 17.7 Å². The molecule has 0 radical (unpaired) electrons. The average Bonchev–Trinajstić information content (AvgIpc) is 2.80. The van der Waals surface area contributed by atoms with Crippen molar-refractivity contribution in [1.29, 1.82) is 0 Å². The number of halogens is 1. The van der Waals surface area contributed by atoms with Gasteiger partial charge in [0, 0.05) is 17.0 Å². The first-order valence-electron chi connectivity index (χ1n) is 7.88. The van der Waals surface area contributed by atoms with Crippen molar-refractivity contribution in [3.05, 3.63) is 65.5 Å². The average molecular weight is 329 g/mol. The molecule has 0 aromatic heterocycles. The van der Waals surface area contributed by atoms with Gasteiger partial charge in [-0.15, -0.1) is 0 Å². The van der Waals surface area contributed by atoms with E-state index in [1.54, 1.807) is 23.9 Å². The number of thioether (sulfide) groups is 1. The molecule has 0 aliphatic carbocycles. The van der Waals surface area contributed by atoms with Crippen molar-refractivity contribution in [2.75, 3.05) is 6.54 Å². The zero-order valence-corrected chi connectivity index (χ0v) is 14.1. The molecule has 23 heavy (non-hydrogen) atoms. The number of carbonyl (C=O) groups excluding carboxylic acids is 1. The van der Waals surface area contributed by atoms with E-state index in [9.17, 15) is 9.18 Å². The van der Waals surface area contributed by atoms with Gasteiger partial charge in [-0.1, -0.05) is 43.8 Å². The number of rotatable bonds is 5. The first-order valence-corrected chi connectivity index (χ1v) is 8.76. The molecule has 1 aliphatic heterocycles. The Morgan fingerprint density at radius 3 is 2.52 bits per heavy atom. The number of nitrogens with zero attached hydrogens (tertiary/aromatic N) is 1. The van der Waals surface area contributed by atoms with Gasteiger partial charge in [0.1, 0.15) is 11.2 Å². The second-order valence-corrected chi connectivity index (χ2v) is 7.35. The number of benzene rings is 2. The van der Waals surface area contributed by atoms with Crippen molar-refractivity contribution < 1.29 is 9.18 Å². The molecule has 1 aliphatic rings. The van der Waals surface area contributed by atoms with Crippen molar-refractivity contribution in [3.63, 3.8) is 0 Å². The lowest BCUT2D eigenvalue weighted by molar-refractivity contribution is 0.0766. The highest BCUT2D eigenvalue weighted by atomic mass is 32.2. The van der Waals surface area contributed by atoms with Crippen LogP contribution in [0.4, 0.5) is 4.39 Å². The normalized spacial score (nSPS) is 17.0. The summed E-state index contributed by atoms with van der Waals surface area (Å²) in [5.74, 6) is 0.401. The predicted molar refractivity (Wildman–Crippen MR) is 91.9 cm³/mol. The van der Waals surface area contributed by atoms with E-state index in [2.05, 4.69) is 13.8 Å². The highest BCUT2D eigenvalue weighted by molar-refractivity contribution is 7.99. The molecule has 120 valence electrons. The Kier molecular flexibility index (Phi) is 4.71. The van der Waals surface area contributed by atoms with Gasteiger partial charge in [0.25, 0.3) is 5.91 Å². The third-order valence-electron chi connectivity index (χ3n) is 4.01. The molecule has 2 aromatic carbocycles. The third kappa shape index (κ3) is 3.42. The molecule has 1 heterocycles. The topological polar surface area (TPSA) is 20.3 Å². The van der Waals surface area contributed by atoms with Crippen molar-refractivity contribution in [2.45, 2.75) is 30.5 Å². The lowest BCUT2D eigenvalue weighted by atomic mass is 10.1. The summed E-state index contributed by atoms with van der Waals surface area (Å²) in [6, 6.07) is 14.2. The van der Waals surface area contributed by atoms with Crippen LogP contribution in [0.3, 0.4) is 0 Å². The SMILES string of the molecule is CC(C)CCN1C(=O)c2ccccc2[C@H]1Sc1ccc(F)cc1. The molecule has 0 bridgehead atoms. The second-order valence-electron chi connectivity index (χ2n) is 6.19. The molecule has 2 nitrogen and oxygen atoms in total. The molecule has 0 fully saturated rings. The van der Waals surface area contributed by atoms with E-state index in [-0.39, 0.29) is 17.1 Å². The van der Waals surface area contributed by atoms with E-state index in [1.165, 1.54) is 12.1 Å². The van der Waals surface area contributed by atoms with Crippen LogP contribution in [0.15, 0.2) is 53.4 Å². The fourth-order valence-corrected chi connectivity index (χ4v) is 3.93. The summed E-state index contributed by atoms with van der Waals surface area (Å²) in [7, 11) is 0. The van der Waals surface area contributed by atoms with Crippen LogP contribution in [0.25, 0.3) is 0 Å². The van der Waals surface area contributed by atoms with Gasteiger partial charge in [-0.05, 0) is 48.2 Å². The molecule has 0 saturated carbocycles. The first kappa shape index (κ1) is 16.1. The molecule has 0 saturated heterocycles. The van der Waals surface area contributed by atoms with Gasteiger partial charge in [-0.25, -0.2) is 4.39 Å². The van der Waals surface area contributed by atoms with Gasteiger partial charge in [0.2, 0.25) is 0 Å². The maximum Gasteiger partial charge on any atom is 0.255 e. The molecule has 0 spiro atoms. The van der Waals surface area contributed by atoms with Crippen LogP contribution >= 0.6 is 11.8 Å². The van der Waals surface area contributed by atoms with Crippen molar-refractivity contribution in [1.82, 2.24) is 4.90 Å². The summed E-state index contributed by atoms with van der Waals surface area (Å²) in [6.45, 7) is 5.07. The smallest absolute Gasteiger partial charge is 0.255 e. The van der Waals surface area contributed by atoms with Crippen LogP contribution in [0.2, 0.25) is 0 Å². The Labute approximate surface area is 140 Å². The summed E-state index contributed by atoms with van der Waals surface area (Å²) in [5, 5.41) is -0.0390. The fraction of sp³-hybridized carbons (Fsp3) is 0.316. The van der Waals surface area contributed by atoms with E-state index in [0.29, 0.717) is 5.92 Å². The van der Waals surface area contributed by atoms with Gasteiger partial charge in [-0.2, -0.15) is 0 Å². The van der Waals surface area contributed by atoms with Gasteiger partial charge in [0.05, 0.1) is 0 Å². The van der Waals surface area contributed by atoms with Crippen LogP contribution in [-0.2, 0) is 0 Å². The van der Waals surface area contributed by atoms with Crippen molar-refractivity contribution in [2.24, 2.45) is 5.92 Å². The summed E-state index contributed by atoms with van der Waals surface area (Å²) >= 11 is 1.60. The van der Waals surface area contributed by atoms with E-state index in [1.807, 2.05) is 29.2 Å². The molecular formula is C19H20FNOS. The standard InChI is InChI=1S/C19H20FNOS/c1-13(2)11-12-21-18(22)16-5-3-4-6-17(16)19(21)23-15-9-7-14(20)8-10-15/h3-10,13,19H,11-12H2,1-2H3/t19-/m1/s1. The summed E-state index contributed by atoms with van der Waals surface area (Å²) in [6.07, 6.45) is 0.972. The van der Waals surface area contributed by atoms with Crippen LogP contribution < -0.4 is 0 Å². The minimum atomic E-state index is -0.242. The Balaban J connectivity index is 1.89. The number of carbonyl (C=O) groups is 1. The monoisotopic (exact) mass is 329 g/mol. The molecule has 3 rings (SSSR count). The Morgan fingerprint density at radius 1 is 1.13 bits per heavy atom. The maximum atomic E-state index is 13.1. The molecule has 0 N–H and O–H groups in total. The quantitative estimate of drug-likeness (QED) is 0.759. The summed E-state index contributed by atoms with van der Waals surface area (Å²) < 4.78 is 13.1. The second kappa shape index (κ2) is 6.75. The van der Waals surface area contributed by atoms with E-state index >= 15 is 0 Å². The predicted octanol–water partition coefficient (Wildman–Crippen LogP) is 5.12. The number of fused-ring (bicyclic) bond motifs is 1. The number of amides is 1.